The van der Waals surface area contributed by atoms with Gasteiger partial charge in [0.1, 0.15) is 18.1 Å². The van der Waals surface area contributed by atoms with Crippen molar-refractivity contribution in [3.8, 4) is 11.5 Å². The van der Waals surface area contributed by atoms with Crippen LogP contribution in [-0.2, 0) is 4.79 Å². The van der Waals surface area contributed by atoms with Crippen molar-refractivity contribution < 1.29 is 19.4 Å². The van der Waals surface area contributed by atoms with Crippen molar-refractivity contribution in [2.75, 3.05) is 33.4 Å². The molecule has 0 aliphatic rings. The molecule has 0 bridgehead atoms. The summed E-state index contributed by atoms with van der Waals surface area (Å²) in [6, 6.07) is 7.37. The summed E-state index contributed by atoms with van der Waals surface area (Å²) in [7, 11) is 1.62. The van der Waals surface area contributed by atoms with Crippen LogP contribution in [0.2, 0.25) is 0 Å². The van der Waals surface area contributed by atoms with E-state index in [0.717, 1.165) is 17.1 Å². The Labute approximate surface area is 125 Å². The molecule has 0 aliphatic carbocycles. The molecule has 0 fully saturated rings. The third kappa shape index (κ3) is 7.37. The number of hydrogen-bond acceptors (Lipinski definition) is 4. The van der Waals surface area contributed by atoms with Gasteiger partial charge in [0.05, 0.1) is 13.5 Å². The SMILES string of the molecule is C=C(C)CN(CCOc1ccc(OC)cc1)CCC(=O)O. The zero-order valence-corrected chi connectivity index (χ0v) is 12.7. The molecular weight excluding hydrogens is 270 g/mol. The standard InChI is InChI=1S/C16H23NO4/c1-13(2)12-17(9-8-16(18)19)10-11-21-15-6-4-14(20-3)5-7-15/h4-7H,1,8-12H2,2-3H3,(H,18,19). The number of ether oxygens (including phenoxy) is 2. The Morgan fingerprint density at radius 3 is 2.38 bits per heavy atom. The predicted molar refractivity (Wildman–Crippen MR) is 82.0 cm³/mol. The number of hydrogen-bond donors (Lipinski definition) is 1. The van der Waals surface area contributed by atoms with Crippen LogP contribution in [0.1, 0.15) is 13.3 Å². The molecule has 1 aromatic rings. The number of methoxy groups -OCH3 is 1. The van der Waals surface area contributed by atoms with E-state index in [0.29, 0.717) is 26.2 Å². The summed E-state index contributed by atoms with van der Waals surface area (Å²) < 4.78 is 10.7. The van der Waals surface area contributed by atoms with Gasteiger partial charge in [0.2, 0.25) is 0 Å². The average Bonchev–Trinajstić information content (AvgIpc) is 2.44. The van der Waals surface area contributed by atoms with Crippen molar-refractivity contribution in [2.45, 2.75) is 13.3 Å². The van der Waals surface area contributed by atoms with E-state index in [1.54, 1.807) is 7.11 Å². The van der Waals surface area contributed by atoms with Gasteiger partial charge in [0.25, 0.3) is 0 Å². The minimum Gasteiger partial charge on any atom is -0.497 e. The van der Waals surface area contributed by atoms with Gasteiger partial charge in [-0.1, -0.05) is 12.2 Å². The van der Waals surface area contributed by atoms with E-state index in [4.69, 9.17) is 14.6 Å². The smallest absolute Gasteiger partial charge is 0.304 e. The highest BCUT2D eigenvalue weighted by Gasteiger charge is 2.08. The number of rotatable bonds is 10. The first-order valence-corrected chi connectivity index (χ1v) is 6.86. The Morgan fingerprint density at radius 1 is 1.24 bits per heavy atom. The summed E-state index contributed by atoms with van der Waals surface area (Å²) in [6.45, 7) is 8.12. The lowest BCUT2D eigenvalue weighted by Gasteiger charge is -2.21. The van der Waals surface area contributed by atoms with Crippen molar-refractivity contribution in [2.24, 2.45) is 0 Å². The monoisotopic (exact) mass is 293 g/mol. The number of benzene rings is 1. The summed E-state index contributed by atoms with van der Waals surface area (Å²) in [5.41, 5.74) is 1.00. The van der Waals surface area contributed by atoms with Crippen LogP contribution in [0.3, 0.4) is 0 Å². The van der Waals surface area contributed by atoms with Gasteiger partial charge >= 0.3 is 5.97 Å². The lowest BCUT2D eigenvalue weighted by atomic mass is 10.3. The Balaban J connectivity index is 2.40. The molecule has 0 atom stereocenters. The van der Waals surface area contributed by atoms with Crippen LogP contribution in [0.25, 0.3) is 0 Å². The Kier molecular flexibility index (Phi) is 7.32. The zero-order chi connectivity index (χ0) is 15.7. The molecule has 0 heterocycles. The van der Waals surface area contributed by atoms with Crippen molar-refractivity contribution in [3.63, 3.8) is 0 Å². The van der Waals surface area contributed by atoms with Gasteiger partial charge in [-0.15, -0.1) is 0 Å². The molecule has 1 N–H and O–H groups in total. The molecule has 1 aromatic carbocycles. The molecule has 0 aromatic heterocycles. The normalized spacial score (nSPS) is 10.4. The van der Waals surface area contributed by atoms with Crippen LogP contribution < -0.4 is 9.47 Å². The Morgan fingerprint density at radius 2 is 1.86 bits per heavy atom. The largest absolute Gasteiger partial charge is 0.497 e. The van der Waals surface area contributed by atoms with E-state index in [1.807, 2.05) is 36.1 Å². The van der Waals surface area contributed by atoms with Gasteiger partial charge in [-0.3, -0.25) is 9.69 Å². The second-order valence-electron chi connectivity index (χ2n) is 4.90. The van der Waals surface area contributed by atoms with Crippen LogP contribution >= 0.6 is 0 Å². The molecule has 0 unspecified atom stereocenters. The summed E-state index contributed by atoms with van der Waals surface area (Å²) in [5.74, 6) is 0.759. The summed E-state index contributed by atoms with van der Waals surface area (Å²) in [6.07, 6.45) is 0.121. The maximum absolute atomic E-state index is 10.7. The first-order chi connectivity index (χ1) is 10.0. The van der Waals surface area contributed by atoms with E-state index in [9.17, 15) is 4.79 Å². The number of nitrogens with zero attached hydrogens (tertiary/aromatic N) is 1. The van der Waals surface area contributed by atoms with Gasteiger partial charge in [-0.05, 0) is 31.2 Å². The van der Waals surface area contributed by atoms with Crippen molar-refractivity contribution >= 4 is 5.97 Å². The molecule has 116 valence electrons. The maximum Gasteiger partial charge on any atom is 0.304 e. The predicted octanol–water partition coefficient (Wildman–Crippen LogP) is 2.43. The molecule has 0 amide bonds. The fourth-order valence-electron chi connectivity index (χ4n) is 1.87. The van der Waals surface area contributed by atoms with Crippen LogP contribution in [0.15, 0.2) is 36.4 Å². The number of carbonyl (C=O) groups is 1. The van der Waals surface area contributed by atoms with Gasteiger partial charge in [0.15, 0.2) is 0 Å². The van der Waals surface area contributed by atoms with Gasteiger partial charge in [-0.2, -0.15) is 0 Å². The fourth-order valence-corrected chi connectivity index (χ4v) is 1.87. The molecule has 0 radical (unpaired) electrons. The summed E-state index contributed by atoms with van der Waals surface area (Å²) in [5, 5.41) is 8.76. The maximum atomic E-state index is 10.7. The van der Waals surface area contributed by atoms with Crippen LogP contribution in [0.4, 0.5) is 0 Å². The number of carboxylic acids is 1. The van der Waals surface area contributed by atoms with Gasteiger partial charge in [0, 0.05) is 19.6 Å². The highest BCUT2D eigenvalue weighted by Crippen LogP contribution is 2.16. The van der Waals surface area contributed by atoms with E-state index in [-0.39, 0.29) is 6.42 Å². The van der Waals surface area contributed by atoms with Crippen molar-refractivity contribution in [1.82, 2.24) is 4.90 Å². The highest BCUT2D eigenvalue weighted by molar-refractivity contribution is 5.66. The average molecular weight is 293 g/mol. The summed E-state index contributed by atoms with van der Waals surface area (Å²) >= 11 is 0. The minimum absolute atomic E-state index is 0.121. The molecular formula is C16H23NO4. The number of aliphatic carboxylic acids is 1. The third-order valence-electron chi connectivity index (χ3n) is 2.87. The molecule has 1 rings (SSSR count). The highest BCUT2D eigenvalue weighted by atomic mass is 16.5. The molecule has 0 saturated heterocycles. The lowest BCUT2D eigenvalue weighted by Crippen LogP contribution is -2.32. The lowest BCUT2D eigenvalue weighted by molar-refractivity contribution is -0.137. The van der Waals surface area contributed by atoms with E-state index >= 15 is 0 Å². The first-order valence-electron chi connectivity index (χ1n) is 6.86. The third-order valence-corrected chi connectivity index (χ3v) is 2.87. The first kappa shape index (κ1) is 17.0. The fraction of sp³-hybridized carbons (Fsp3) is 0.438. The molecule has 21 heavy (non-hydrogen) atoms. The Hall–Kier alpha value is -2.01. The van der Waals surface area contributed by atoms with Gasteiger partial charge < -0.3 is 14.6 Å². The van der Waals surface area contributed by atoms with Gasteiger partial charge in [-0.25, -0.2) is 0 Å². The van der Waals surface area contributed by atoms with E-state index in [1.165, 1.54) is 0 Å². The van der Waals surface area contributed by atoms with E-state index in [2.05, 4.69) is 6.58 Å². The van der Waals surface area contributed by atoms with Crippen molar-refractivity contribution in [3.05, 3.63) is 36.4 Å². The van der Waals surface area contributed by atoms with Crippen LogP contribution in [0.5, 0.6) is 11.5 Å². The minimum atomic E-state index is -0.794. The van der Waals surface area contributed by atoms with Crippen LogP contribution in [-0.4, -0.2) is 49.3 Å². The quantitative estimate of drug-likeness (QED) is 0.671. The second-order valence-corrected chi connectivity index (χ2v) is 4.90. The number of carboxylic acid groups (broad SMARTS) is 1. The molecule has 5 heteroatoms. The summed E-state index contributed by atoms with van der Waals surface area (Å²) in [4.78, 5) is 12.7. The molecule has 0 aliphatic heterocycles. The van der Waals surface area contributed by atoms with Crippen LogP contribution in [0, 0.1) is 0 Å². The second kappa shape index (κ2) is 9.02. The molecule has 0 saturated carbocycles. The van der Waals surface area contributed by atoms with Crippen molar-refractivity contribution in [1.29, 1.82) is 0 Å². The zero-order valence-electron chi connectivity index (χ0n) is 12.7. The topological polar surface area (TPSA) is 59.0 Å². The Bertz CT molecular complexity index is 456. The van der Waals surface area contributed by atoms with E-state index < -0.39 is 5.97 Å². The molecule has 0 spiro atoms. The molecule has 5 nitrogen and oxygen atoms in total.